The molecule has 0 aliphatic carbocycles. The molecule has 3 aromatic rings. The zero-order valence-electron chi connectivity index (χ0n) is 16.6. The Bertz CT molecular complexity index is 879. The zero-order valence-corrected chi connectivity index (χ0v) is 19.4. The SMILES string of the molecule is COc1cc(OC)cc(-c2c([SiH3])ccc(Cl)c2-c2cc(OC)cc(OC)c2)c1. The summed E-state index contributed by atoms with van der Waals surface area (Å²) in [4.78, 5) is 0. The summed E-state index contributed by atoms with van der Waals surface area (Å²) < 4.78 is 21.8. The smallest absolute Gasteiger partial charge is 0.123 e. The minimum Gasteiger partial charge on any atom is -0.497 e. The van der Waals surface area contributed by atoms with E-state index in [1.54, 1.807) is 28.4 Å². The molecule has 28 heavy (non-hydrogen) atoms. The van der Waals surface area contributed by atoms with Crippen LogP contribution in [-0.2, 0) is 0 Å². The summed E-state index contributed by atoms with van der Waals surface area (Å²) in [5, 5.41) is 1.88. The first kappa shape index (κ1) is 20.1. The second-order valence-electron chi connectivity index (χ2n) is 6.32. The van der Waals surface area contributed by atoms with Crippen LogP contribution in [-0.4, -0.2) is 38.7 Å². The Morgan fingerprint density at radius 1 is 0.607 bits per heavy atom. The lowest BCUT2D eigenvalue weighted by atomic mass is 9.93. The molecule has 0 atom stereocenters. The Balaban J connectivity index is 2.33. The maximum absolute atomic E-state index is 6.70. The van der Waals surface area contributed by atoms with Crippen LogP contribution in [0.2, 0.25) is 5.02 Å². The molecule has 0 spiro atoms. The topological polar surface area (TPSA) is 36.9 Å². The van der Waals surface area contributed by atoms with Crippen LogP contribution in [0.15, 0.2) is 48.5 Å². The summed E-state index contributed by atoms with van der Waals surface area (Å²) in [6.45, 7) is 0. The average Bonchev–Trinajstić information content (AvgIpc) is 2.73. The number of hydrogen-bond acceptors (Lipinski definition) is 4. The monoisotopic (exact) mass is 414 g/mol. The second kappa shape index (κ2) is 8.58. The van der Waals surface area contributed by atoms with Gasteiger partial charge in [0.2, 0.25) is 0 Å². The van der Waals surface area contributed by atoms with Crippen LogP contribution in [0.5, 0.6) is 23.0 Å². The molecular formula is C22H23ClO4Si. The van der Waals surface area contributed by atoms with Gasteiger partial charge < -0.3 is 18.9 Å². The molecule has 3 aromatic carbocycles. The molecule has 0 bridgehead atoms. The van der Waals surface area contributed by atoms with E-state index in [1.807, 2.05) is 42.5 Å². The van der Waals surface area contributed by atoms with Crippen LogP contribution >= 0.6 is 11.6 Å². The Morgan fingerprint density at radius 2 is 1.00 bits per heavy atom. The predicted octanol–water partition coefficient (Wildman–Crippen LogP) is 3.70. The van der Waals surface area contributed by atoms with Crippen molar-refractivity contribution in [3.8, 4) is 45.3 Å². The quantitative estimate of drug-likeness (QED) is 0.576. The molecule has 0 aliphatic rings. The number of rotatable bonds is 6. The molecule has 0 heterocycles. The van der Waals surface area contributed by atoms with Gasteiger partial charge in [-0.3, -0.25) is 0 Å². The minimum atomic E-state index is 0.659. The Labute approximate surface area is 173 Å². The van der Waals surface area contributed by atoms with Crippen LogP contribution in [0.25, 0.3) is 22.3 Å². The van der Waals surface area contributed by atoms with Crippen molar-refractivity contribution in [2.45, 2.75) is 0 Å². The largest absolute Gasteiger partial charge is 0.497 e. The lowest BCUT2D eigenvalue weighted by Gasteiger charge is -2.18. The van der Waals surface area contributed by atoms with Crippen LogP contribution < -0.4 is 24.1 Å². The van der Waals surface area contributed by atoms with Gasteiger partial charge in [-0.25, -0.2) is 0 Å². The molecular weight excluding hydrogens is 392 g/mol. The summed E-state index contributed by atoms with van der Waals surface area (Å²) in [5.41, 5.74) is 3.91. The molecule has 3 rings (SSSR count). The van der Waals surface area contributed by atoms with Crippen LogP contribution in [0.1, 0.15) is 0 Å². The van der Waals surface area contributed by atoms with Crippen LogP contribution in [0.3, 0.4) is 0 Å². The first-order valence-electron chi connectivity index (χ1n) is 8.76. The average molecular weight is 415 g/mol. The van der Waals surface area contributed by atoms with Gasteiger partial charge in [0.15, 0.2) is 0 Å². The van der Waals surface area contributed by atoms with Crippen molar-refractivity contribution in [2.24, 2.45) is 0 Å². The molecule has 0 saturated carbocycles. The third-order valence-electron chi connectivity index (χ3n) is 4.64. The molecule has 0 unspecified atom stereocenters. The van der Waals surface area contributed by atoms with Gasteiger partial charge in [-0.05, 0) is 47.0 Å². The lowest BCUT2D eigenvalue weighted by Crippen LogP contribution is -2.09. The van der Waals surface area contributed by atoms with E-state index in [4.69, 9.17) is 30.5 Å². The predicted molar refractivity (Wildman–Crippen MR) is 118 cm³/mol. The van der Waals surface area contributed by atoms with Gasteiger partial charge in [0.1, 0.15) is 23.0 Å². The minimum absolute atomic E-state index is 0.659. The van der Waals surface area contributed by atoms with Gasteiger partial charge in [-0.1, -0.05) is 22.9 Å². The summed E-state index contributed by atoms with van der Waals surface area (Å²) >= 11 is 6.70. The summed E-state index contributed by atoms with van der Waals surface area (Å²) in [6, 6.07) is 15.6. The van der Waals surface area contributed by atoms with Crippen LogP contribution in [0, 0.1) is 0 Å². The Morgan fingerprint density at radius 3 is 1.39 bits per heavy atom. The highest BCUT2D eigenvalue weighted by atomic mass is 35.5. The number of hydrogen-bond donors (Lipinski definition) is 0. The third-order valence-corrected chi connectivity index (χ3v) is 5.79. The lowest BCUT2D eigenvalue weighted by molar-refractivity contribution is 0.394. The molecule has 0 aromatic heterocycles. The molecule has 146 valence electrons. The molecule has 0 amide bonds. The first-order valence-corrected chi connectivity index (χ1v) is 10.1. The van der Waals surface area contributed by atoms with Crippen molar-refractivity contribution in [2.75, 3.05) is 28.4 Å². The maximum Gasteiger partial charge on any atom is 0.123 e. The number of benzene rings is 3. The van der Waals surface area contributed by atoms with Gasteiger partial charge in [0, 0.05) is 33.0 Å². The molecule has 0 saturated heterocycles. The molecule has 0 N–H and O–H groups in total. The molecule has 4 nitrogen and oxygen atoms in total. The summed E-state index contributed by atoms with van der Waals surface area (Å²) in [5.74, 6) is 2.87. The highest BCUT2D eigenvalue weighted by Crippen LogP contribution is 2.41. The van der Waals surface area contributed by atoms with E-state index in [1.165, 1.54) is 5.19 Å². The fraction of sp³-hybridized carbons (Fsp3) is 0.182. The highest BCUT2D eigenvalue weighted by molar-refractivity contribution is 6.40. The number of ether oxygens (including phenoxy) is 4. The van der Waals surface area contributed by atoms with E-state index >= 15 is 0 Å². The highest BCUT2D eigenvalue weighted by Gasteiger charge is 2.17. The van der Waals surface area contributed by atoms with E-state index in [2.05, 4.69) is 6.07 Å². The van der Waals surface area contributed by atoms with Crippen molar-refractivity contribution >= 4 is 27.0 Å². The van der Waals surface area contributed by atoms with E-state index < -0.39 is 0 Å². The zero-order chi connectivity index (χ0) is 20.3. The second-order valence-corrected chi connectivity index (χ2v) is 7.80. The van der Waals surface area contributed by atoms with Gasteiger partial charge in [0.25, 0.3) is 0 Å². The normalized spacial score (nSPS) is 10.6. The fourth-order valence-corrected chi connectivity index (χ4v) is 4.21. The van der Waals surface area contributed by atoms with E-state index in [0.717, 1.165) is 44.0 Å². The first-order chi connectivity index (χ1) is 13.5. The van der Waals surface area contributed by atoms with E-state index in [9.17, 15) is 0 Å². The van der Waals surface area contributed by atoms with Crippen molar-refractivity contribution in [3.63, 3.8) is 0 Å². The standard InChI is InChI=1S/C22H23ClO4Si/c1-24-15-7-13(8-16(11-15)25-2)21-19(23)5-6-20(28)22(21)14-9-17(26-3)12-18(10-14)27-4/h5-12H,1-4,28H3. The summed E-state index contributed by atoms with van der Waals surface area (Å²) in [6.07, 6.45) is 0. The van der Waals surface area contributed by atoms with Crippen molar-refractivity contribution in [1.82, 2.24) is 0 Å². The van der Waals surface area contributed by atoms with Gasteiger partial charge >= 0.3 is 0 Å². The van der Waals surface area contributed by atoms with Crippen molar-refractivity contribution < 1.29 is 18.9 Å². The molecule has 0 radical (unpaired) electrons. The third kappa shape index (κ3) is 3.95. The van der Waals surface area contributed by atoms with Crippen molar-refractivity contribution in [1.29, 1.82) is 0 Å². The Kier molecular flexibility index (Phi) is 6.17. The van der Waals surface area contributed by atoms with Gasteiger partial charge in [0.05, 0.1) is 28.4 Å². The van der Waals surface area contributed by atoms with Gasteiger partial charge in [-0.15, -0.1) is 0 Å². The van der Waals surface area contributed by atoms with E-state index in [0.29, 0.717) is 16.5 Å². The Hall–Kier alpha value is -2.63. The van der Waals surface area contributed by atoms with Gasteiger partial charge in [-0.2, -0.15) is 0 Å². The number of methoxy groups -OCH3 is 4. The maximum atomic E-state index is 6.70. The summed E-state index contributed by atoms with van der Waals surface area (Å²) in [7, 11) is 7.41. The number of halogens is 1. The van der Waals surface area contributed by atoms with Crippen molar-refractivity contribution in [3.05, 3.63) is 53.6 Å². The molecule has 0 fully saturated rings. The van der Waals surface area contributed by atoms with Crippen LogP contribution in [0.4, 0.5) is 0 Å². The molecule has 0 aliphatic heterocycles. The molecule has 6 heteroatoms. The van der Waals surface area contributed by atoms with E-state index in [-0.39, 0.29) is 0 Å². The fourth-order valence-electron chi connectivity index (χ4n) is 3.24.